The largest absolute Gasteiger partial charge is 0.424 e. The summed E-state index contributed by atoms with van der Waals surface area (Å²) in [6.07, 6.45) is -13.6. The Balaban J connectivity index is 4.45. The monoisotopic (exact) mass is 214 g/mol. The lowest BCUT2D eigenvalue weighted by molar-refractivity contribution is -0.296. The van der Waals surface area contributed by atoms with Crippen LogP contribution < -0.4 is 0 Å². The van der Waals surface area contributed by atoms with Crippen molar-refractivity contribution >= 4 is 12.0 Å². The van der Waals surface area contributed by atoms with Crippen LogP contribution in [0.25, 0.3) is 0 Å². The van der Waals surface area contributed by atoms with Gasteiger partial charge < -0.3 is 0 Å². The van der Waals surface area contributed by atoms with E-state index >= 15 is 0 Å². The number of halogens is 6. The van der Waals surface area contributed by atoms with Crippen LogP contribution in [0.3, 0.4) is 0 Å². The predicted molar refractivity (Wildman–Crippen MR) is 30.5 cm³/mol. The summed E-state index contributed by atoms with van der Waals surface area (Å²) in [7, 11) is 0. The summed E-state index contributed by atoms with van der Waals surface area (Å²) in [5.41, 5.74) is 0. The van der Waals surface area contributed by atoms with Gasteiger partial charge in [0.2, 0.25) is 0 Å². The quantitative estimate of drug-likeness (QED) is 0.516. The maximum absolute atomic E-state index is 11.5. The molecule has 0 aromatic heterocycles. The van der Waals surface area contributed by atoms with Gasteiger partial charge in [-0.25, -0.2) is 0 Å². The Morgan fingerprint density at radius 3 is 1.42 bits per heavy atom. The van der Waals surface area contributed by atoms with Crippen LogP contribution >= 0.6 is 12.0 Å². The normalized spacial score (nSPS) is 14.0. The smallest absolute Gasteiger partial charge is 0.293 e. The van der Waals surface area contributed by atoms with E-state index in [-0.39, 0.29) is 12.0 Å². The van der Waals surface area contributed by atoms with Crippen molar-refractivity contribution in [3.8, 4) is 0 Å². The fourth-order valence-electron chi connectivity index (χ4n) is 0.391. The third-order valence-corrected chi connectivity index (χ3v) is 1.17. The van der Waals surface area contributed by atoms with Crippen LogP contribution in [0, 0.1) is 0 Å². The van der Waals surface area contributed by atoms with Gasteiger partial charge in [-0.1, -0.05) is 0 Å². The minimum Gasteiger partial charge on any atom is -0.293 e. The number of hydrogen-bond acceptors (Lipinski definition) is 2. The Bertz CT molecular complexity index is 125. The van der Waals surface area contributed by atoms with Gasteiger partial charge in [-0.3, -0.25) is 4.18 Å². The van der Waals surface area contributed by atoms with Gasteiger partial charge in [0.15, 0.2) is 0 Å². The molecule has 0 bridgehead atoms. The highest BCUT2D eigenvalue weighted by molar-refractivity contribution is 7.93. The van der Waals surface area contributed by atoms with E-state index in [0.717, 1.165) is 6.26 Å². The second kappa shape index (κ2) is 3.73. The van der Waals surface area contributed by atoms with Gasteiger partial charge in [-0.05, 0) is 12.0 Å². The van der Waals surface area contributed by atoms with Crippen molar-refractivity contribution in [2.45, 2.75) is 18.5 Å². The van der Waals surface area contributed by atoms with Gasteiger partial charge >= 0.3 is 12.4 Å². The molecule has 0 aromatic rings. The summed E-state index contributed by atoms with van der Waals surface area (Å²) in [5, 5.41) is 0. The highest BCUT2D eigenvalue weighted by atomic mass is 32.2. The molecule has 12 heavy (non-hydrogen) atoms. The van der Waals surface area contributed by atoms with E-state index in [0.29, 0.717) is 0 Å². The molecule has 0 atom stereocenters. The Hall–Kier alpha value is -0.110. The second-order valence-corrected chi connectivity index (χ2v) is 2.25. The molecule has 0 N–H and O–H groups in total. The molecule has 0 aromatic carbocycles. The molecule has 0 aliphatic rings. The standard InChI is InChI=1S/C4H4F6OS/c1-12-11-2(3(5,6)7)4(8,9)10/h2H,1H3. The van der Waals surface area contributed by atoms with Crippen molar-refractivity contribution < 1.29 is 30.5 Å². The average molecular weight is 214 g/mol. The SMILES string of the molecule is CSOC(C(F)(F)F)C(F)(F)F. The van der Waals surface area contributed by atoms with E-state index in [1.807, 2.05) is 0 Å². The maximum atomic E-state index is 11.5. The van der Waals surface area contributed by atoms with E-state index in [1.165, 1.54) is 0 Å². The molecule has 0 spiro atoms. The zero-order chi connectivity index (χ0) is 9.99. The van der Waals surface area contributed by atoms with E-state index in [9.17, 15) is 26.3 Å². The number of rotatable bonds is 2. The summed E-state index contributed by atoms with van der Waals surface area (Å²) in [6.45, 7) is 0. The molecule has 0 unspecified atom stereocenters. The molecule has 0 aliphatic heterocycles. The van der Waals surface area contributed by atoms with Gasteiger partial charge in [-0.15, -0.1) is 0 Å². The van der Waals surface area contributed by atoms with Crippen LogP contribution in [0.2, 0.25) is 0 Å². The third kappa shape index (κ3) is 3.53. The first-order chi connectivity index (χ1) is 5.19. The number of hydrogen-bond donors (Lipinski definition) is 0. The lowest BCUT2D eigenvalue weighted by Gasteiger charge is -2.21. The first-order valence-corrected chi connectivity index (χ1v) is 3.67. The molecule has 8 heteroatoms. The minimum atomic E-state index is -5.42. The lowest BCUT2D eigenvalue weighted by atomic mass is 10.3. The van der Waals surface area contributed by atoms with Crippen LogP contribution in [0.5, 0.6) is 0 Å². The molecule has 1 nitrogen and oxygen atoms in total. The lowest BCUT2D eigenvalue weighted by Crippen LogP contribution is -2.42. The summed E-state index contributed by atoms with van der Waals surface area (Å²) >= 11 is 0.0235. The van der Waals surface area contributed by atoms with Crippen molar-refractivity contribution in [2.24, 2.45) is 0 Å². The molecule has 0 radical (unpaired) electrons. The van der Waals surface area contributed by atoms with Crippen LogP contribution in [0.15, 0.2) is 0 Å². The summed E-state index contributed by atoms with van der Waals surface area (Å²) in [5.74, 6) is 0. The first kappa shape index (κ1) is 11.9. The predicted octanol–water partition coefficient (Wildman–Crippen LogP) is 2.77. The van der Waals surface area contributed by atoms with Crippen molar-refractivity contribution in [3.05, 3.63) is 0 Å². The van der Waals surface area contributed by atoms with Crippen molar-refractivity contribution in [2.75, 3.05) is 6.26 Å². The van der Waals surface area contributed by atoms with Gasteiger partial charge in [0.1, 0.15) is 0 Å². The van der Waals surface area contributed by atoms with E-state index in [2.05, 4.69) is 4.18 Å². The second-order valence-electron chi connectivity index (χ2n) is 1.73. The van der Waals surface area contributed by atoms with Gasteiger partial charge in [0.05, 0.1) is 0 Å². The Morgan fingerprint density at radius 1 is 1.00 bits per heavy atom. The van der Waals surface area contributed by atoms with Crippen molar-refractivity contribution in [1.82, 2.24) is 0 Å². The zero-order valence-electron chi connectivity index (χ0n) is 5.66. The van der Waals surface area contributed by atoms with Crippen LogP contribution in [-0.4, -0.2) is 24.7 Å². The van der Waals surface area contributed by atoms with Gasteiger partial charge in [-0.2, -0.15) is 26.3 Å². The highest BCUT2D eigenvalue weighted by Gasteiger charge is 2.58. The third-order valence-electron chi connectivity index (χ3n) is 0.787. The van der Waals surface area contributed by atoms with Gasteiger partial charge in [0, 0.05) is 6.26 Å². The Morgan fingerprint density at radius 2 is 1.33 bits per heavy atom. The molecule has 0 saturated heterocycles. The zero-order valence-corrected chi connectivity index (χ0v) is 6.48. The molecule has 0 saturated carbocycles. The molecular weight excluding hydrogens is 210 g/mol. The molecular formula is C4H4F6OS. The topological polar surface area (TPSA) is 9.23 Å². The molecule has 0 aliphatic carbocycles. The minimum absolute atomic E-state index is 0.0235. The summed E-state index contributed by atoms with van der Waals surface area (Å²) in [6, 6.07) is 0. The Kier molecular flexibility index (Phi) is 3.70. The maximum Gasteiger partial charge on any atom is 0.424 e. The van der Waals surface area contributed by atoms with Crippen LogP contribution in [0.1, 0.15) is 0 Å². The van der Waals surface area contributed by atoms with E-state index in [1.54, 1.807) is 0 Å². The van der Waals surface area contributed by atoms with Crippen LogP contribution in [0.4, 0.5) is 26.3 Å². The average Bonchev–Trinajstić information content (AvgIpc) is 1.77. The summed E-state index contributed by atoms with van der Waals surface area (Å²) in [4.78, 5) is 0. The fraction of sp³-hybridized carbons (Fsp3) is 1.00. The number of alkyl halides is 6. The molecule has 0 fully saturated rings. The Labute approximate surface area is 68.3 Å². The molecule has 0 heterocycles. The van der Waals surface area contributed by atoms with Crippen molar-refractivity contribution in [3.63, 3.8) is 0 Å². The highest BCUT2D eigenvalue weighted by Crippen LogP contribution is 2.37. The molecule has 0 amide bonds. The van der Waals surface area contributed by atoms with Crippen molar-refractivity contribution in [1.29, 1.82) is 0 Å². The van der Waals surface area contributed by atoms with E-state index < -0.39 is 18.5 Å². The van der Waals surface area contributed by atoms with E-state index in [4.69, 9.17) is 0 Å². The fourth-order valence-corrected chi connectivity index (χ4v) is 0.802. The molecule has 74 valence electrons. The van der Waals surface area contributed by atoms with Gasteiger partial charge in [0.25, 0.3) is 6.10 Å². The summed E-state index contributed by atoms with van der Waals surface area (Å²) < 4.78 is 72.7. The first-order valence-electron chi connectivity index (χ1n) is 2.52. The molecule has 0 rings (SSSR count). The van der Waals surface area contributed by atoms with Crippen LogP contribution in [-0.2, 0) is 4.18 Å².